The van der Waals surface area contributed by atoms with Gasteiger partial charge in [0.15, 0.2) is 0 Å². The molecule has 3 aromatic carbocycles. The monoisotopic (exact) mass is 480 g/mol. The minimum absolute atomic E-state index is 0.105. The second kappa shape index (κ2) is 10.2. The average molecular weight is 481 g/mol. The van der Waals surface area contributed by atoms with Crippen molar-refractivity contribution in [1.29, 1.82) is 0 Å². The molecule has 7 nitrogen and oxygen atoms in total. The third-order valence-electron chi connectivity index (χ3n) is 5.93. The first-order valence-corrected chi connectivity index (χ1v) is 12.6. The minimum atomic E-state index is -3.79. The van der Waals surface area contributed by atoms with Crippen molar-refractivity contribution in [2.75, 3.05) is 31.6 Å². The van der Waals surface area contributed by atoms with Crippen molar-refractivity contribution >= 4 is 21.6 Å². The summed E-state index contributed by atoms with van der Waals surface area (Å²) in [5.41, 5.74) is 2.95. The second-order valence-corrected chi connectivity index (χ2v) is 9.88. The molecule has 0 saturated heterocycles. The zero-order chi connectivity index (χ0) is 24.1. The quantitative estimate of drug-likeness (QED) is 0.530. The predicted molar refractivity (Wildman–Crippen MR) is 131 cm³/mol. The number of amides is 1. The van der Waals surface area contributed by atoms with Gasteiger partial charge >= 0.3 is 0 Å². The van der Waals surface area contributed by atoms with E-state index in [2.05, 4.69) is 5.32 Å². The Balaban J connectivity index is 1.47. The number of para-hydroxylation sites is 1. The summed E-state index contributed by atoms with van der Waals surface area (Å²) in [5, 5.41) is 2.87. The Morgan fingerprint density at radius 2 is 1.82 bits per heavy atom. The van der Waals surface area contributed by atoms with E-state index in [1.165, 1.54) is 16.4 Å². The topological polar surface area (TPSA) is 84.9 Å². The van der Waals surface area contributed by atoms with Gasteiger partial charge in [0.25, 0.3) is 15.9 Å². The second-order valence-electron chi connectivity index (χ2n) is 8.02. The normalized spacial score (nSPS) is 13.2. The number of aryl methyl sites for hydroxylation is 1. The molecule has 0 unspecified atom stereocenters. The van der Waals surface area contributed by atoms with Crippen molar-refractivity contribution in [3.8, 4) is 11.5 Å². The van der Waals surface area contributed by atoms with Crippen LogP contribution in [0.3, 0.4) is 0 Å². The predicted octanol–water partition coefficient (Wildman–Crippen LogP) is 3.82. The van der Waals surface area contributed by atoms with Gasteiger partial charge in [0.2, 0.25) is 0 Å². The number of hydrogen-bond donors (Lipinski definition) is 1. The summed E-state index contributed by atoms with van der Waals surface area (Å²) in [6, 6.07) is 19.3. The van der Waals surface area contributed by atoms with E-state index in [1.54, 1.807) is 32.4 Å². The number of carbonyl (C=O) groups is 1. The Morgan fingerprint density at radius 3 is 2.62 bits per heavy atom. The highest BCUT2D eigenvalue weighted by atomic mass is 32.2. The van der Waals surface area contributed by atoms with Crippen molar-refractivity contribution in [2.24, 2.45) is 0 Å². The van der Waals surface area contributed by atoms with E-state index in [0.717, 1.165) is 24.0 Å². The Hall–Kier alpha value is -3.52. The Kier molecular flexibility index (Phi) is 7.07. The SMILES string of the molecule is COc1ccc(CCNC(=O)c2cccc(S(=O)(=O)N3CCCc4ccccc43)c2)c(OC)c1. The van der Waals surface area contributed by atoms with E-state index in [9.17, 15) is 13.2 Å². The van der Waals surface area contributed by atoms with Crippen LogP contribution in [0.25, 0.3) is 0 Å². The molecular weight excluding hydrogens is 452 g/mol. The van der Waals surface area contributed by atoms with Gasteiger partial charge in [-0.2, -0.15) is 0 Å². The van der Waals surface area contributed by atoms with Crippen molar-refractivity contribution in [3.05, 3.63) is 83.4 Å². The first-order chi connectivity index (χ1) is 16.4. The Morgan fingerprint density at radius 1 is 1.00 bits per heavy atom. The highest BCUT2D eigenvalue weighted by Crippen LogP contribution is 2.32. The number of sulfonamides is 1. The largest absolute Gasteiger partial charge is 0.497 e. The smallest absolute Gasteiger partial charge is 0.264 e. The summed E-state index contributed by atoms with van der Waals surface area (Å²) in [5.74, 6) is 1.05. The molecule has 0 radical (unpaired) electrons. The van der Waals surface area contributed by atoms with Gasteiger partial charge in [-0.1, -0.05) is 30.3 Å². The van der Waals surface area contributed by atoms with Crippen molar-refractivity contribution in [3.63, 3.8) is 0 Å². The maximum atomic E-state index is 13.4. The summed E-state index contributed by atoms with van der Waals surface area (Å²) in [6.45, 7) is 0.789. The summed E-state index contributed by atoms with van der Waals surface area (Å²) in [7, 11) is -0.609. The van der Waals surface area contributed by atoms with Crippen LogP contribution in [0, 0.1) is 0 Å². The molecule has 0 fully saturated rings. The zero-order valence-electron chi connectivity index (χ0n) is 19.3. The summed E-state index contributed by atoms with van der Waals surface area (Å²) < 4.78 is 38.9. The molecule has 3 aromatic rings. The van der Waals surface area contributed by atoms with Gasteiger partial charge in [0.1, 0.15) is 11.5 Å². The number of fused-ring (bicyclic) bond motifs is 1. The Bertz CT molecular complexity index is 1290. The minimum Gasteiger partial charge on any atom is -0.497 e. The van der Waals surface area contributed by atoms with E-state index in [1.807, 2.05) is 36.4 Å². The summed E-state index contributed by atoms with van der Waals surface area (Å²) in [6.07, 6.45) is 2.16. The zero-order valence-corrected chi connectivity index (χ0v) is 20.1. The molecule has 0 spiro atoms. The number of nitrogens with zero attached hydrogens (tertiary/aromatic N) is 1. The van der Waals surface area contributed by atoms with Crippen molar-refractivity contribution in [1.82, 2.24) is 5.32 Å². The molecule has 0 saturated carbocycles. The molecule has 1 aliphatic heterocycles. The summed E-state index contributed by atoms with van der Waals surface area (Å²) >= 11 is 0. The fourth-order valence-corrected chi connectivity index (χ4v) is 5.73. The fraction of sp³-hybridized carbons (Fsp3) is 0.269. The van der Waals surface area contributed by atoms with Gasteiger partial charge in [-0.05, 0) is 60.7 Å². The van der Waals surface area contributed by atoms with Crippen LogP contribution in [-0.4, -0.2) is 41.6 Å². The lowest BCUT2D eigenvalue weighted by atomic mass is 10.0. The van der Waals surface area contributed by atoms with Gasteiger partial charge in [0, 0.05) is 24.7 Å². The summed E-state index contributed by atoms with van der Waals surface area (Å²) in [4.78, 5) is 12.9. The van der Waals surface area contributed by atoms with Gasteiger partial charge in [0.05, 0.1) is 24.8 Å². The van der Waals surface area contributed by atoms with Gasteiger partial charge < -0.3 is 14.8 Å². The van der Waals surface area contributed by atoms with E-state index in [-0.39, 0.29) is 10.8 Å². The average Bonchev–Trinajstić information content (AvgIpc) is 2.88. The lowest BCUT2D eigenvalue weighted by Gasteiger charge is -2.30. The van der Waals surface area contributed by atoms with E-state index >= 15 is 0 Å². The van der Waals surface area contributed by atoms with E-state index < -0.39 is 10.0 Å². The number of nitrogens with one attached hydrogen (secondary N) is 1. The molecule has 0 bridgehead atoms. The molecule has 1 amide bonds. The molecule has 0 atom stereocenters. The van der Waals surface area contributed by atoms with Crippen LogP contribution in [0.4, 0.5) is 5.69 Å². The maximum absolute atomic E-state index is 13.4. The van der Waals surface area contributed by atoms with E-state index in [4.69, 9.17) is 9.47 Å². The first-order valence-electron chi connectivity index (χ1n) is 11.1. The molecule has 1 aliphatic rings. The van der Waals surface area contributed by atoms with Crippen molar-refractivity contribution < 1.29 is 22.7 Å². The van der Waals surface area contributed by atoms with Crippen LogP contribution < -0.4 is 19.1 Å². The molecule has 0 aliphatic carbocycles. The van der Waals surface area contributed by atoms with E-state index in [0.29, 0.717) is 42.3 Å². The van der Waals surface area contributed by atoms with Gasteiger partial charge in [-0.15, -0.1) is 0 Å². The number of carbonyl (C=O) groups excluding carboxylic acids is 1. The van der Waals surface area contributed by atoms with Crippen molar-refractivity contribution in [2.45, 2.75) is 24.2 Å². The highest BCUT2D eigenvalue weighted by Gasteiger charge is 2.29. The Labute approximate surface area is 200 Å². The van der Waals surface area contributed by atoms with Crippen LogP contribution in [0.15, 0.2) is 71.6 Å². The molecule has 178 valence electrons. The third-order valence-corrected chi connectivity index (χ3v) is 7.74. The van der Waals surface area contributed by atoms with Crippen LogP contribution in [0.2, 0.25) is 0 Å². The molecule has 4 rings (SSSR count). The number of ether oxygens (including phenoxy) is 2. The molecule has 0 aromatic heterocycles. The van der Waals surface area contributed by atoms with Crippen LogP contribution in [0.5, 0.6) is 11.5 Å². The third kappa shape index (κ3) is 4.87. The number of anilines is 1. The van der Waals surface area contributed by atoms with Crippen LogP contribution in [0.1, 0.15) is 27.9 Å². The molecule has 34 heavy (non-hydrogen) atoms. The molecule has 8 heteroatoms. The number of hydrogen-bond acceptors (Lipinski definition) is 5. The van der Waals surface area contributed by atoms with Crippen LogP contribution in [-0.2, 0) is 22.9 Å². The van der Waals surface area contributed by atoms with Gasteiger partial charge in [-0.3, -0.25) is 9.10 Å². The molecular formula is C26H28N2O5S. The lowest BCUT2D eigenvalue weighted by molar-refractivity contribution is 0.0954. The maximum Gasteiger partial charge on any atom is 0.264 e. The number of rotatable bonds is 8. The first kappa shape index (κ1) is 23.6. The fourth-order valence-electron chi connectivity index (χ4n) is 4.14. The lowest BCUT2D eigenvalue weighted by Crippen LogP contribution is -2.35. The standard InChI is InChI=1S/C26H28N2O5S/c1-32-22-13-12-20(25(18-22)33-2)14-15-27-26(29)21-8-5-10-23(17-21)34(30,31)28-16-6-9-19-7-3-4-11-24(19)28/h3-5,7-8,10-13,17-18H,6,9,14-16H2,1-2H3,(H,27,29). The van der Waals surface area contributed by atoms with Gasteiger partial charge in [-0.25, -0.2) is 8.42 Å². The number of methoxy groups -OCH3 is 2. The van der Waals surface area contributed by atoms with Crippen LogP contribution >= 0.6 is 0 Å². The molecule has 1 heterocycles. The number of benzene rings is 3. The molecule has 1 N–H and O–H groups in total. The highest BCUT2D eigenvalue weighted by molar-refractivity contribution is 7.92.